The van der Waals surface area contributed by atoms with E-state index < -0.39 is 10.0 Å². The molecule has 1 aliphatic rings. The fourth-order valence-corrected chi connectivity index (χ4v) is 4.79. The third kappa shape index (κ3) is 4.16. The van der Waals surface area contributed by atoms with Gasteiger partial charge < -0.3 is 4.90 Å². The summed E-state index contributed by atoms with van der Waals surface area (Å²) in [6.07, 6.45) is 1.94. The number of rotatable bonds is 5. The van der Waals surface area contributed by atoms with Crippen LogP contribution in [0.1, 0.15) is 29.5 Å². The van der Waals surface area contributed by atoms with Crippen LogP contribution in [0.4, 0.5) is 5.69 Å². The van der Waals surface area contributed by atoms with Crippen LogP contribution in [0.25, 0.3) is 0 Å². The Bertz CT molecular complexity index is 930. The van der Waals surface area contributed by atoms with Gasteiger partial charge in [-0.1, -0.05) is 29.8 Å². The number of amides is 1. The summed E-state index contributed by atoms with van der Waals surface area (Å²) < 4.78 is 28.1. The quantitative estimate of drug-likeness (QED) is 0.791. The second-order valence-corrected chi connectivity index (χ2v) is 9.06. The molecule has 1 amide bonds. The van der Waals surface area contributed by atoms with Gasteiger partial charge in [-0.2, -0.15) is 0 Å². The zero-order valence-electron chi connectivity index (χ0n) is 16.1. The highest BCUT2D eigenvalue weighted by atomic mass is 32.2. The topological polar surface area (TPSA) is 57.7 Å². The predicted octanol–water partition coefficient (Wildman–Crippen LogP) is 3.43. The lowest BCUT2D eigenvalue weighted by atomic mass is 10.1. The summed E-state index contributed by atoms with van der Waals surface area (Å²) in [5.74, 6) is -0.149. The molecule has 0 bridgehead atoms. The van der Waals surface area contributed by atoms with E-state index in [9.17, 15) is 13.2 Å². The summed E-state index contributed by atoms with van der Waals surface area (Å²) in [6, 6.07) is 12.4. The molecule has 6 heteroatoms. The monoisotopic (exact) mass is 386 g/mol. The zero-order chi connectivity index (χ0) is 19.6. The number of nitrogens with zero attached hydrogens (tertiary/aromatic N) is 2. The average molecular weight is 387 g/mol. The van der Waals surface area contributed by atoms with Gasteiger partial charge in [0.05, 0.1) is 10.6 Å². The number of sulfonamides is 1. The first kappa shape index (κ1) is 19.4. The summed E-state index contributed by atoms with van der Waals surface area (Å²) in [6.45, 7) is 6.92. The number of hydrogen-bond donors (Lipinski definition) is 0. The molecule has 0 aromatic heterocycles. The van der Waals surface area contributed by atoms with E-state index in [1.165, 1.54) is 4.31 Å². The largest absolute Gasteiger partial charge is 0.341 e. The van der Waals surface area contributed by atoms with Gasteiger partial charge in [0.25, 0.3) is 10.0 Å². The number of likely N-dealkylation sites (tertiary alicyclic amines) is 1. The Morgan fingerprint density at radius 2 is 1.56 bits per heavy atom. The molecule has 1 saturated heterocycles. The predicted molar refractivity (Wildman–Crippen MR) is 107 cm³/mol. The van der Waals surface area contributed by atoms with Gasteiger partial charge in [-0.15, -0.1) is 0 Å². The maximum atomic E-state index is 13.4. The highest BCUT2D eigenvalue weighted by molar-refractivity contribution is 7.92. The summed E-state index contributed by atoms with van der Waals surface area (Å²) in [5.41, 5.74) is 3.32. The number of hydrogen-bond acceptors (Lipinski definition) is 3. The van der Waals surface area contributed by atoms with Crippen molar-refractivity contribution in [1.29, 1.82) is 0 Å². The lowest BCUT2D eigenvalue weighted by molar-refractivity contribution is -0.128. The van der Waals surface area contributed by atoms with E-state index in [0.29, 0.717) is 18.8 Å². The Kier molecular flexibility index (Phi) is 5.56. The first-order chi connectivity index (χ1) is 12.8. The molecule has 0 atom stereocenters. The fourth-order valence-electron chi connectivity index (χ4n) is 3.31. The Hall–Kier alpha value is -2.34. The van der Waals surface area contributed by atoms with Gasteiger partial charge in [0.2, 0.25) is 5.91 Å². The Morgan fingerprint density at radius 1 is 0.963 bits per heavy atom. The number of carbonyl (C=O) groups is 1. The summed E-state index contributed by atoms with van der Waals surface area (Å²) in [4.78, 5) is 14.7. The van der Waals surface area contributed by atoms with Crippen LogP contribution in [0.5, 0.6) is 0 Å². The molecule has 0 spiro atoms. The second-order valence-electron chi connectivity index (χ2n) is 7.20. The zero-order valence-corrected chi connectivity index (χ0v) is 16.9. The fraction of sp³-hybridized carbons (Fsp3) is 0.381. The molecule has 2 aromatic carbocycles. The van der Waals surface area contributed by atoms with E-state index in [1.54, 1.807) is 29.2 Å². The standard InChI is InChI=1S/C21H26N2O3S/c1-16-7-10-19(11-8-16)27(25,26)23(15-21(24)22-12-4-5-13-22)20-14-17(2)6-9-18(20)3/h6-11,14H,4-5,12-13,15H2,1-3H3. The third-order valence-corrected chi connectivity index (χ3v) is 6.75. The lowest BCUT2D eigenvalue weighted by Gasteiger charge is -2.28. The average Bonchev–Trinajstić information content (AvgIpc) is 3.17. The van der Waals surface area contributed by atoms with Crippen molar-refractivity contribution in [2.75, 3.05) is 23.9 Å². The molecule has 1 heterocycles. The van der Waals surface area contributed by atoms with E-state index in [4.69, 9.17) is 0 Å². The van der Waals surface area contributed by atoms with Gasteiger partial charge in [-0.3, -0.25) is 9.10 Å². The molecule has 5 nitrogen and oxygen atoms in total. The number of benzene rings is 2. The van der Waals surface area contributed by atoms with Gasteiger partial charge in [0, 0.05) is 13.1 Å². The molecule has 0 unspecified atom stereocenters. The van der Waals surface area contributed by atoms with E-state index in [1.807, 2.05) is 39.0 Å². The molecule has 0 saturated carbocycles. The van der Waals surface area contributed by atoms with E-state index in [2.05, 4.69) is 0 Å². The van der Waals surface area contributed by atoms with Crippen molar-refractivity contribution in [3.8, 4) is 0 Å². The minimum absolute atomic E-state index is 0.149. The van der Waals surface area contributed by atoms with Crippen LogP contribution in [0.2, 0.25) is 0 Å². The lowest BCUT2D eigenvalue weighted by Crippen LogP contribution is -2.42. The van der Waals surface area contributed by atoms with E-state index >= 15 is 0 Å². The number of anilines is 1. The van der Waals surface area contributed by atoms with Crippen LogP contribution >= 0.6 is 0 Å². The molecule has 0 radical (unpaired) electrons. The van der Waals surface area contributed by atoms with Gasteiger partial charge in [-0.05, 0) is 62.9 Å². The molecule has 2 aromatic rings. The SMILES string of the molecule is Cc1ccc(S(=O)(=O)N(CC(=O)N2CCCC2)c2cc(C)ccc2C)cc1. The van der Waals surface area contributed by atoms with Crippen LogP contribution in [-0.4, -0.2) is 38.9 Å². The van der Waals surface area contributed by atoms with Crippen molar-refractivity contribution in [3.05, 3.63) is 59.2 Å². The van der Waals surface area contributed by atoms with Crippen LogP contribution in [0.15, 0.2) is 47.4 Å². The normalized spacial score (nSPS) is 14.4. The van der Waals surface area contributed by atoms with Crippen molar-refractivity contribution in [1.82, 2.24) is 4.90 Å². The van der Waals surface area contributed by atoms with Gasteiger partial charge in [0.1, 0.15) is 6.54 Å². The molecular weight excluding hydrogens is 360 g/mol. The Morgan fingerprint density at radius 3 is 2.19 bits per heavy atom. The minimum Gasteiger partial charge on any atom is -0.341 e. The molecular formula is C21H26N2O3S. The second kappa shape index (κ2) is 7.72. The maximum Gasteiger partial charge on any atom is 0.264 e. The van der Waals surface area contributed by atoms with E-state index in [-0.39, 0.29) is 17.3 Å². The van der Waals surface area contributed by atoms with Crippen molar-refractivity contribution in [2.24, 2.45) is 0 Å². The molecule has 3 rings (SSSR count). The highest BCUT2D eigenvalue weighted by Crippen LogP contribution is 2.28. The molecule has 0 aliphatic carbocycles. The number of aryl methyl sites for hydroxylation is 3. The van der Waals surface area contributed by atoms with Gasteiger partial charge >= 0.3 is 0 Å². The Balaban J connectivity index is 2.04. The first-order valence-corrected chi connectivity index (χ1v) is 10.7. The number of carbonyl (C=O) groups excluding carboxylic acids is 1. The van der Waals surface area contributed by atoms with Crippen molar-refractivity contribution >= 4 is 21.6 Å². The molecule has 27 heavy (non-hydrogen) atoms. The third-order valence-electron chi connectivity index (χ3n) is 4.98. The van der Waals surface area contributed by atoms with Crippen molar-refractivity contribution in [3.63, 3.8) is 0 Å². The summed E-state index contributed by atoms with van der Waals surface area (Å²) in [7, 11) is -3.85. The summed E-state index contributed by atoms with van der Waals surface area (Å²) in [5, 5.41) is 0. The van der Waals surface area contributed by atoms with Crippen LogP contribution < -0.4 is 4.31 Å². The highest BCUT2D eigenvalue weighted by Gasteiger charge is 2.30. The van der Waals surface area contributed by atoms with Gasteiger partial charge in [0.15, 0.2) is 0 Å². The van der Waals surface area contributed by atoms with Crippen LogP contribution in [0.3, 0.4) is 0 Å². The van der Waals surface area contributed by atoms with E-state index in [0.717, 1.165) is 29.5 Å². The minimum atomic E-state index is -3.85. The molecule has 144 valence electrons. The van der Waals surface area contributed by atoms with Crippen molar-refractivity contribution in [2.45, 2.75) is 38.5 Å². The molecule has 1 aliphatic heterocycles. The molecule has 1 fully saturated rings. The van der Waals surface area contributed by atoms with Crippen molar-refractivity contribution < 1.29 is 13.2 Å². The smallest absolute Gasteiger partial charge is 0.264 e. The summed E-state index contributed by atoms with van der Waals surface area (Å²) >= 11 is 0. The van der Waals surface area contributed by atoms with Crippen LogP contribution in [-0.2, 0) is 14.8 Å². The Labute approximate surface area is 161 Å². The maximum absolute atomic E-state index is 13.4. The first-order valence-electron chi connectivity index (χ1n) is 9.23. The van der Waals surface area contributed by atoms with Gasteiger partial charge in [-0.25, -0.2) is 8.42 Å². The molecule has 0 N–H and O–H groups in total. The van der Waals surface area contributed by atoms with Crippen LogP contribution in [0, 0.1) is 20.8 Å².